The molecule has 20 heavy (non-hydrogen) atoms. The lowest BCUT2D eigenvalue weighted by Gasteiger charge is -2.43. The minimum atomic E-state index is -0.441. The lowest BCUT2D eigenvalue weighted by Crippen LogP contribution is -2.52. The molecule has 0 saturated carbocycles. The third-order valence-electron chi connectivity index (χ3n) is 4.16. The minimum Gasteiger partial charge on any atom is -0.486 e. The van der Waals surface area contributed by atoms with Crippen LogP contribution in [0.25, 0.3) is 0 Å². The molecular formula is C16H17NO3. The van der Waals surface area contributed by atoms with Gasteiger partial charge in [0.1, 0.15) is 11.4 Å². The standard InChI is InChI=1S/C16H17NO3/c1-2-15(19)17-9-7-16(8-10-17)11-13(18)12-5-3-4-6-14(12)20-16/h2-6H,1,7-11H2. The molecule has 1 fully saturated rings. The van der Waals surface area contributed by atoms with E-state index in [-0.39, 0.29) is 11.7 Å². The topological polar surface area (TPSA) is 46.6 Å². The summed E-state index contributed by atoms with van der Waals surface area (Å²) in [4.78, 5) is 25.6. The van der Waals surface area contributed by atoms with E-state index in [9.17, 15) is 9.59 Å². The normalized spacial score (nSPS) is 20.2. The van der Waals surface area contributed by atoms with Gasteiger partial charge in [-0.05, 0) is 18.2 Å². The Morgan fingerprint density at radius 1 is 1.30 bits per heavy atom. The van der Waals surface area contributed by atoms with Gasteiger partial charge in [-0.25, -0.2) is 0 Å². The minimum absolute atomic E-state index is 0.0533. The van der Waals surface area contributed by atoms with Gasteiger partial charge < -0.3 is 9.64 Å². The predicted octanol–water partition coefficient (Wildman–Crippen LogP) is 2.20. The number of piperidine rings is 1. The third-order valence-corrected chi connectivity index (χ3v) is 4.16. The Kier molecular flexibility index (Phi) is 3.08. The Balaban J connectivity index is 1.79. The molecule has 0 unspecified atom stereocenters. The molecule has 4 heteroatoms. The first-order valence-electron chi connectivity index (χ1n) is 6.86. The van der Waals surface area contributed by atoms with Crippen LogP contribution in [0.3, 0.4) is 0 Å². The van der Waals surface area contributed by atoms with Crippen molar-refractivity contribution in [2.24, 2.45) is 0 Å². The molecule has 0 aromatic heterocycles. The molecule has 104 valence electrons. The second-order valence-corrected chi connectivity index (χ2v) is 5.41. The van der Waals surface area contributed by atoms with Crippen molar-refractivity contribution in [1.82, 2.24) is 4.90 Å². The van der Waals surface area contributed by atoms with Crippen molar-refractivity contribution in [1.29, 1.82) is 0 Å². The molecule has 0 N–H and O–H groups in total. The number of likely N-dealkylation sites (tertiary alicyclic amines) is 1. The van der Waals surface area contributed by atoms with Crippen LogP contribution in [0.15, 0.2) is 36.9 Å². The fourth-order valence-electron chi connectivity index (χ4n) is 2.99. The number of carbonyl (C=O) groups excluding carboxylic acids is 2. The van der Waals surface area contributed by atoms with Gasteiger partial charge in [0.25, 0.3) is 0 Å². The van der Waals surface area contributed by atoms with Gasteiger partial charge in [-0.2, -0.15) is 0 Å². The number of nitrogens with zero attached hydrogens (tertiary/aromatic N) is 1. The number of carbonyl (C=O) groups is 2. The van der Waals surface area contributed by atoms with Crippen molar-refractivity contribution < 1.29 is 14.3 Å². The van der Waals surface area contributed by atoms with E-state index in [4.69, 9.17) is 4.74 Å². The van der Waals surface area contributed by atoms with E-state index in [2.05, 4.69) is 6.58 Å². The van der Waals surface area contributed by atoms with E-state index in [0.717, 1.165) is 0 Å². The van der Waals surface area contributed by atoms with Crippen LogP contribution in [0.4, 0.5) is 0 Å². The SMILES string of the molecule is C=CC(=O)N1CCC2(CC1)CC(=O)c1ccccc1O2. The first-order valence-corrected chi connectivity index (χ1v) is 6.86. The Labute approximate surface area is 118 Å². The number of Topliss-reactive ketones (excluding diaryl/α,β-unsaturated/α-hetero) is 1. The summed E-state index contributed by atoms with van der Waals surface area (Å²) in [5, 5.41) is 0. The van der Waals surface area contributed by atoms with E-state index < -0.39 is 5.60 Å². The summed E-state index contributed by atoms with van der Waals surface area (Å²) in [6.07, 6.45) is 3.11. The lowest BCUT2D eigenvalue weighted by atomic mass is 9.82. The zero-order valence-corrected chi connectivity index (χ0v) is 11.3. The molecule has 1 aromatic carbocycles. The lowest BCUT2D eigenvalue weighted by molar-refractivity contribution is -0.129. The Morgan fingerprint density at radius 3 is 2.70 bits per heavy atom. The maximum absolute atomic E-state index is 12.3. The highest BCUT2D eigenvalue weighted by atomic mass is 16.5. The Morgan fingerprint density at radius 2 is 2.00 bits per heavy atom. The van der Waals surface area contributed by atoms with Gasteiger partial charge in [0.2, 0.25) is 5.91 Å². The zero-order chi connectivity index (χ0) is 14.2. The highest BCUT2D eigenvalue weighted by molar-refractivity contribution is 6.00. The number of fused-ring (bicyclic) bond motifs is 1. The van der Waals surface area contributed by atoms with Crippen molar-refractivity contribution in [3.63, 3.8) is 0 Å². The number of ether oxygens (including phenoxy) is 1. The summed E-state index contributed by atoms with van der Waals surface area (Å²) in [5.41, 5.74) is 0.228. The number of hydrogen-bond acceptors (Lipinski definition) is 3. The summed E-state index contributed by atoms with van der Waals surface area (Å²) < 4.78 is 6.11. The van der Waals surface area contributed by atoms with Crippen LogP contribution in [-0.2, 0) is 4.79 Å². The molecule has 3 rings (SSSR count). The maximum atomic E-state index is 12.3. The van der Waals surface area contributed by atoms with E-state index in [0.29, 0.717) is 43.7 Å². The molecule has 2 heterocycles. The molecule has 1 amide bonds. The molecule has 2 aliphatic rings. The maximum Gasteiger partial charge on any atom is 0.245 e. The molecule has 2 aliphatic heterocycles. The van der Waals surface area contributed by atoms with Gasteiger partial charge >= 0.3 is 0 Å². The van der Waals surface area contributed by atoms with Gasteiger partial charge in [-0.1, -0.05) is 18.7 Å². The molecular weight excluding hydrogens is 254 g/mol. The molecule has 0 atom stereocenters. The van der Waals surface area contributed by atoms with Gasteiger partial charge in [0.15, 0.2) is 5.78 Å². The first-order chi connectivity index (χ1) is 9.63. The number of rotatable bonds is 1. The molecule has 1 saturated heterocycles. The van der Waals surface area contributed by atoms with Crippen LogP contribution < -0.4 is 4.74 Å². The van der Waals surface area contributed by atoms with Gasteiger partial charge in [0.05, 0.1) is 12.0 Å². The third kappa shape index (κ3) is 2.11. The number of para-hydroxylation sites is 1. The van der Waals surface area contributed by atoms with Crippen molar-refractivity contribution in [3.8, 4) is 5.75 Å². The van der Waals surface area contributed by atoms with Gasteiger partial charge in [0, 0.05) is 25.9 Å². The fourth-order valence-corrected chi connectivity index (χ4v) is 2.99. The van der Waals surface area contributed by atoms with Crippen molar-refractivity contribution >= 4 is 11.7 Å². The quantitative estimate of drug-likeness (QED) is 0.736. The molecule has 1 spiro atoms. The number of amides is 1. The average Bonchev–Trinajstić information content (AvgIpc) is 2.47. The summed E-state index contributed by atoms with van der Waals surface area (Å²) in [6, 6.07) is 7.38. The molecule has 0 radical (unpaired) electrons. The highest BCUT2D eigenvalue weighted by Crippen LogP contribution is 2.39. The zero-order valence-electron chi connectivity index (χ0n) is 11.3. The van der Waals surface area contributed by atoms with Crippen molar-refractivity contribution in [2.75, 3.05) is 13.1 Å². The number of ketones is 1. The summed E-state index contributed by atoms with van der Waals surface area (Å²) >= 11 is 0. The van der Waals surface area contributed by atoms with Crippen LogP contribution in [0.5, 0.6) is 5.75 Å². The monoisotopic (exact) mass is 271 g/mol. The smallest absolute Gasteiger partial charge is 0.245 e. The summed E-state index contributed by atoms with van der Waals surface area (Å²) in [5.74, 6) is 0.755. The van der Waals surface area contributed by atoms with Gasteiger partial charge in [-0.3, -0.25) is 9.59 Å². The number of hydrogen-bond donors (Lipinski definition) is 0. The predicted molar refractivity (Wildman–Crippen MR) is 74.8 cm³/mol. The van der Waals surface area contributed by atoms with E-state index in [1.807, 2.05) is 18.2 Å². The van der Waals surface area contributed by atoms with Crippen molar-refractivity contribution in [3.05, 3.63) is 42.5 Å². The Hall–Kier alpha value is -2.10. The Bertz CT molecular complexity index is 571. The molecule has 0 aliphatic carbocycles. The highest BCUT2D eigenvalue weighted by Gasteiger charge is 2.43. The summed E-state index contributed by atoms with van der Waals surface area (Å²) in [7, 11) is 0. The molecule has 4 nitrogen and oxygen atoms in total. The first kappa shape index (κ1) is 12.9. The average molecular weight is 271 g/mol. The summed E-state index contributed by atoms with van der Waals surface area (Å²) in [6.45, 7) is 4.73. The van der Waals surface area contributed by atoms with E-state index in [1.165, 1.54) is 6.08 Å². The van der Waals surface area contributed by atoms with Crippen LogP contribution in [0, 0.1) is 0 Å². The largest absolute Gasteiger partial charge is 0.486 e. The van der Waals surface area contributed by atoms with E-state index >= 15 is 0 Å². The molecule has 1 aromatic rings. The molecule has 0 bridgehead atoms. The fraction of sp³-hybridized carbons (Fsp3) is 0.375. The van der Waals surface area contributed by atoms with E-state index in [1.54, 1.807) is 11.0 Å². The van der Waals surface area contributed by atoms with Crippen molar-refractivity contribution in [2.45, 2.75) is 24.9 Å². The van der Waals surface area contributed by atoms with Crippen LogP contribution in [0.2, 0.25) is 0 Å². The van der Waals surface area contributed by atoms with Gasteiger partial charge in [-0.15, -0.1) is 0 Å². The second kappa shape index (κ2) is 4.78. The van der Waals surface area contributed by atoms with Crippen LogP contribution >= 0.6 is 0 Å². The second-order valence-electron chi connectivity index (χ2n) is 5.41. The number of benzene rings is 1. The van der Waals surface area contributed by atoms with Crippen LogP contribution in [-0.4, -0.2) is 35.3 Å². The van der Waals surface area contributed by atoms with Crippen LogP contribution in [0.1, 0.15) is 29.6 Å².